The van der Waals surface area contributed by atoms with Gasteiger partial charge in [-0.2, -0.15) is 13.2 Å². The van der Waals surface area contributed by atoms with E-state index in [1.807, 2.05) is 24.3 Å². The zero-order valence-electron chi connectivity index (χ0n) is 12.2. The average Bonchev–Trinajstić information content (AvgIpc) is 2.93. The molecule has 0 atom stereocenters. The minimum Gasteiger partial charge on any atom is -0.166 e. The molecular formula is C20H13F3. The smallest absolute Gasteiger partial charge is 0.166 e. The maximum Gasteiger partial charge on any atom is 0.416 e. The fourth-order valence-corrected chi connectivity index (χ4v) is 3.27. The summed E-state index contributed by atoms with van der Waals surface area (Å²) < 4.78 is 38.2. The van der Waals surface area contributed by atoms with Gasteiger partial charge >= 0.3 is 6.18 Å². The molecule has 3 aromatic carbocycles. The lowest BCUT2D eigenvalue weighted by Gasteiger charge is -2.11. The summed E-state index contributed by atoms with van der Waals surface area (Å²) in [6.45, 7) is 0. The highest BCUT2D eigenvalue weighted by molar-refractivity contribution is 5.84. The molecule has 0 saturated heterocycles. The van der Waals surface area contributed by atoms with Crippen molar-refractivity contribution in [1.82, 2.24) is 0 Å². The summed E-state index contributed by atoms with van der Waals surface area (Å²) in [5.41, 5.74) is 6.07. The minimum absolute atomic E-state index is 0.614. The minimum atomic E-state index is -4.30. The lowest BCUT2D eigenvalue weighted by atomic mass is 9.95. The van der Waals surface area contributed by atoms with Crippen molar-refractivity contribution in [3.8, 4) is 22.3 Å². The summed E-state index contributed by atoms with van der Waals surface area (Å²) in [5, 5.41) is 0. The average molecular weight is 310 g/mol. The molecule has 0 saturated carbocycles. The standard InChI is InChI=1S/C20H13F3/c21-20(22,23)15-10-8-13(9-11-15)16-6-3-7-18-17-5-2-1-4-14(17)12-19(16)18/h1-11H,12H2. The summed E-state index contributed by atoms with van der Waals surface area (Å²) in [4.78, 5) is 0. The van der Waals surface area contributed by atoms with Crippen LogP contribution in [0.4, 0.5) is 13.2 Å². The van der Waals surface area contributed by atoms with Crippen LogP contribution in [0.25, 0.3) is 22.3 Å². The van der Waals surface area contributed by atoms with Crippen molar-refractivity contribution in [2.75, 3.05) is 0 Å². The van der Waals surface area contributed by atoms with E-state index in [0.29, 0.717) is 0 Å². The van der Waals surface area contributed by atoms with Crippen LogP contribution in [0.3, 0.4) is 0 Å². The van der Waals surface area contributed by atoms with Crippen molar-refractivity contribution in [2.45, 2.75) is 12.6 Å². The zero-order chi connectivity index (χ0) is 16.0. The lowest BCUT2D eigenvalue weighted by molar-refractivity contribution is -0.137. The fourth-order valence-electron chi connectivity index (χ4n) is 3.27. The number of alkyl halides is 3. The van der Waals surface area contributed by atoms with Crippen molar-refractivity contribution in [1.29, 1.82) is 0 Å². The van der Waals surface area contributed by atoms with Crippen molar-refractivity contribution in [3.63, 3.8) is 0 Å². The Labute approximate surface area is 132 Å². The summed E-state index contributed by atoms with van der Waals surface area (Å²) in [6, 6.07) is 19.7. The van der Waals surface area contributed by atoms with E-state index in [2.05, 4.69) is 18.2 Å². The number of fused-ring (bicyclic) bond motifs is 3. The van der Waals surface area contributed by atoms with E-state index >= 15 is 0 Å². The summed E-state index contributed by atoms with van der Waals surface area (Å²) >= 11 is 0. The molecule has 0 radical (unpaired) electrons. The largest absolute Gasteiger partial charge is 0.416 e. The molecule has 1 aliphatic rings. The number of benzene rings is 3. The number of halogens is 3. The van der Waals surface area contributed by atoms with Gasteiger partial charge in [0.15, 0.2) is 0 Å². The molecule has 23 heavy (non-hydrogen) atoms. The molecule has 0 spiro atoms. The van der Waals surface area contributed by atoms with Gasteiger partial charge in [-0.25, -0.2) is 0 Å². The SMILES string of the molecule is FC(F)(F)c1ccc(-c2cccc3c2Cc2ccccc2-3)cc1. The van der Waals surface area contributed by atoms with Crippen molar-refractivity contribution >= 4 is 0 Å². The monoisotopic (exact) mass is 310 g/mol. The molecule has 3 aromatic rings. The third kappa shape index (κ3) is 2.33. The Hall–Kier alpha value is -2.55. The van der Waals surface area contributed by atoms with E-state index in [1.165, 1.54) is 22.3 Å². The summed E-state index contributed by atoms with van der Waals surface area (Å²) in [7, 11) is 0. The second kappa shape index (κ2) is 4.98. The zero-order valence-corrected chi connectivity index (χ0v) is 12.2. The van der Waals surface area contributed by atoms with Gasteiger partial charge in [-0.15, -0.1) is 0 Å². The molecule has 0 fully saturated rings. The van der Waals surface area contributed by atoms with Crippen molar-refractivity contribution in [2.24, 2.45) is 0 Å². The van der Waals surface area contributed by atoms with Gasteiger partial charge in [0, 0.05) is 0 Å². The van der Waals surface area contributed by atoms with E-state index < -0.39 is 11.7 Å². The van der Waals surface area contributed by atoms with E-state index in [4.69, 9.17) is 0 Å². The fraction of sp³-hybridized carbons (Fsp3) is 0.100. The topological polar surface area (TPSA) is 0 Å². The van der Waals surface area contributed by atoms with Gasteiger partial charge in [0.2, 0.25) is 0 Å². The Balaban J connectivity index is 1.80. The van der Waals surface area contributed by atoms with Gasteiger partial charge in [-0.1, -0.05) is 54.6 Å². The van der Waals surface area contributed by atoms with Gasteiger partial charge in [0.05, 0.1) is 5.56 Å². The van der Waals surface area contributed by atoms with Gasteiger partial charge in [-0.05, 0) is 51.9 Å². The van der Waals surface area contributed by atoms with Crippen LogP contribution in [0.1, 0.15) is 16.7 Å². The Bertz CT molecular complexity index is 874. The van der Waals surface area contributed by atoms with Gasteiger partial charge < -0.3 is 0 Å². The molecule has 3 heteroatoms. The first-order chi connectivity index (χ1) is 11.0. The molecular weight excluding hydrogens is 297 g/mol. The molecule has 0 N–H and O–H groups in total. The van der Waals surface area contributed by atoms with Crippen LogP contribution in [-0.4, -0.2) is 0 Å². The van der Waals surface area contributed by atoms with Crippen molar-refractivity contribution in [3.05, 3.63) is 83.4 Å². The van der Waals surface area contributed by atoms with Crippen LogP contribution in [0.2, 0.25) is 0 Å². The van der Waals surface area contributed by atoms with Crippen LogP contribution in [-0.2, 0) is 12.6 Å². The first-order valence-electron chi connectivity index (χ1n) is 7.42. The van der Waals surface area contributed by atoms with E-state index in [1.54, 1.807) is 12.1 Å². The maximum absolute atomic E-state index is 12.7. The molecule has 0 aliphatic heterocycles. The van der Waals surface area contributed by atoms with E-state index in [0.717, 1.165) is 29.7 Å². The Morgan fingerprint density at radius 2 is 1.30 bits per heavy atom. The van der Waals surface area contributed by atoms with Crippen LogP contribution < -0.4 is 0 Å². The molecule has 0 bridgehead atoms. The molecule has 0 amide bonds. The second-order valence-electron chi connectivity index (χ2n) is 5.74. The first kappa shape index (κ1) is 14.1. The molecule has 0 nitrogen and oxygen atoms in total. The Morgan fingerprint density at radius 3 is 2.04 bits per heavy atom. The third-order valence-electron chi connectivity index (χ3n) is 4.37. The normalized spacial score (nSPS) is 12.8. The highest BCUT2D eigenvalue weighted by Crippen LogP contribution is 2.41. The lowest BCUT2D eigenvalue weighted by Crippen LogP contribution is -2.04. The third-order valence-corrected chi connectivity index (χ3v) is 4.37. The highest BCUT2D eigenvalue weighted by Gasteiger charge is 2.30. The quantitative estimate of drug-likeness (QED) is 0.408. The maximum atomic E-state index is 12.7. The number of rotatable bonds is 1. The highest BCUT2D eigenvalue weighted by atomic mass is 19.4. The van der Waals surface area contributed by atoms with Crippen molar-refractivity contribution < 1.29 is 13.2 Å². The van der Waals surface area contributed by atoms with Gasteiger partial charge in [-0.3, -0.25) is 0 Å². The van der Waals surface area contributed by atoms with Gasteiger partial charge in [0.1, 0.15) is 0 Å². The molecule has 114 valence electrons. The predicted molar refractivity (Wildman–Crippen MR) is 85.1 cm³/mol. The number of hydrogen-bond donors (Lipinski definition) is 0. The second-order valence-corrected chi connectivity index (χ2v) is 5.74. The summed E-state index contributed by atoms with van der Waals surface area (Å²) in [5.74, 6) is 0. The van der Waals surface area contributed by atoms with Crippen LogP contribution in [0.5, 0.6) is 0 Å². The molecule has 0 unspecified atom stereocenters. The van der Waals surface area contributed by atoms with Gasteiger partial charge in [0.25, 0.3) is 0 Å². The van der Waals surface area contributed by atoms with Crippen LogP contribution >= 0.6 is 0 Å². The molecule has 4 rings (SSSR count). The summed E-state index contributed by atoms with van der Waals surface area (Å²) in [6.07, 6.45) is -3.48. The Kier molecular flexibility index (Phi) is 3.05. The molecule has 0 heterocycles. The van der Waals surface area contributed by atoms with E-state index in [-0.39, 0.29) is 0 Å². The van der Waals surface area contributed by atoms with Crippen LogP contribution in [0.15, 0.2) is 66.7 Å². The molecule has 1 aliphatic carbocycles. The predicted octanol–water partition coefficient (Wildman–Crippen LogP) is 5.94. The Morgan fingerprint density at radius 1 is 0.652 bits per heavy atom. The van der Waals surface area contributed by atoms with E-state index in [9.17, 15) is 13.2 Å². The first-order valence-corrected chi connectivity index (χ1v) is 7.42. The van der Waals surface area contributed by atoms with Crippen LogP contribution in [0, 0.1) is 0 Å². The molecule has 0 aromatic heterocycles. The number of hydrogen-bond acceptors (Lipinski definition) is 0.